The van der Waals surface area contributed by atoms with Crippen molar-refractivity contribution >= 4 is 32.7 Å². The van der Waals surface area contributed by atoms with Crippen molar-refractivity contribution in [3.63, 3.8) is 0 Å². The first-order chi connectivity index (χ1) is 16.2. The van der Waals surface area contributed by atoms with Crippen LogP contribution in [0.25, 0.3) is 32.7 Å². The molecular weight excluding hydrogens is 456 g/mol. The molecule has 2 aromatic heterocycles. The summed E-state index contributed by atoms with van der Waals surface area (Å²) in [4.78, 5) is 25.7. The smallest absolute Gasteiger partial charge is 0.344 e. The Kier molecular flexibility index (Phi) is 5.06. The molecule has 0 aliphatic carbocycles. The SMILES string of the molecule is COc1cc2c(=O)oc3c(O[C@H]4O[C@@H](C)[C@H](O)[C@@H](O)[C@@H]4O)c(OC)cc4c(=O)oc(c1O)c2c34. The maximum Gasteiger partial charge on any atom is 0.344 e. The van der Waals surface area contributed by atoms with Crippen LogP contribution in [0.2, 0.25) is 0 Å². The van der Waals surface area contributed by atoms with Crippen LogP contribution in [0, 0.1) is 0 Å². The van der Waals surface area contributed by atoms with Crippen LogP contribution in [0.15, 0.2) is 30.6 Å². The predicted molar refractivity (Wildman–Crippen MR) is 115 cm³/mol. The van der Waals surface area contributed by atoms with Gasteiger partial charge >= 0.3 is 11.3 Å². The third-order valence-corrected chi connectivity index (χ3v) is 5.98. The van der Waals surface area contributed by atoms with E-state index in [1.807, 2.05) is 0 Å². The summed E-state index contributed by atoms with van der Waals surface area (Å²) in [7, 11) is 2.54. The summed E-state index contributed by atoms with van der Waals surface area (Å²) in [6.45, 7) is 1.47. The summed E-state index contributed by atoms with van der Waals surface area (Å²) in [5, 5.41) is 41.1. The first kappa shape index (κ1) is 22.2. The van der Waals surface area contributed by atoms with Gasteiger partial charge in [0, 0.05) is 10.8 Å². The van der Waals surface area contributed by atoms with Gasteiger partial charge in [-0.25, -0.2) is 9.59 Å². The van der Waals surface area contributed by atoms with Crippen molar-refractivity contribution in [3.05, 3.63) is 33.0 Å². The van der Waals surface area contributed by atoms with Crippen molar-refractivity contribution in [2.45, 2.75) is 37.6 Å². The predicted octanol–water partition coefficient (Wildman–Crippen LogP) is 0.419. The Hall–Kier alpha value is -3.58. The van der Waals surface area contributed by atoms with Gasteiger partial charge in [-0.3, -0.25) is 0 Å². The van der Waals surface area contributed by atoms with Crippen LogP contribution in [0.3, 0.4) is 0 Å². The summed E-state index contributed by atoms with van der Waals surface area (Å²) in [6, 6.07) is 2.54. The van der Waals surface area contributed by atoms with Crippen molar-refractivity contribution < 1.29 is 48.2 Å². The first-order valence-corrected chi connectivity index (χ1v) is 10.2. The van der Waals surface area contributed by atoms with E-state index in [4.69, 9.17) is 27.8 Å². The van der Waals surface area contributed by atoms with Gasteiger partial charge in [0.2, 0.25) is 17.8 Å². The van der Waals surface area contributed by atoms with E-state index in [-0.39, 0.29) is 50.0 Å². The van der Waals surface area contributed by atoms with Gasteiger partial charge in [0.05, 0.1) is 31.1 Å². The van der Waals surface area contributed by atoms with Gasteiger partial charge < -0.3 is 48.2 Å². The Labute approximate surface area is 189 Å². The lowest BCUT2D eigenvalue weighted by atomic mass is 9.99. The Balaban J connectivity index is 1.83. The number of rotatable bonds is 4. The molecule has 12 heteroatoms. The molecule has 0 unspecified atom stereocenters. The third kappa shape index (κ3) is 3.00. The van der Waals surface area contributed by atoms with E-state index in [1.54, 1.807) is 0 Å². The molecule has 0 amide bonds. The summed E-state index contributed by atoms with van der Waals surface area (Å²) in [5.41, 5.74) is -2.25. The highest BCUT2D eigenvalue weighted by atomic mass is 16.7. The molecule has 0 bridgehead atoms. The Morgan fingerprint density at radius 3 is 2.00 bits per heavy atom. The molecule has 0 spiro atoms. The molecule has 3 heterocycles. The molecule has 5 atom stereocenters. The number of methoxy groups -OCH3 is 2. The largest absolute Gasteiger partial charge is 0.502 e. The van der Waals surface area contributed by atoms with Crippen LogP contribution < -0.4 is 25.5 Å². The molecule has 0 saturated carbocycles. The number of phenols is 1. The molecule has 1 aliphatic heterocycles. The van der Waals surface area contributed by atoms with Crippen molar-refractivity contribution in [1.82, 2.24) is 0 Å². The summed E-state index contributed by atoms with van der Waals surface area (Å²) in [5.74, 6) is -0.866. The number of aliphatic hydroxyl groups excluding tert-OH is 3. The first-order valence-electron chi connectivity index (χ1n) is 10.2. The third-order valence-electron chi connectivity index (χ3n) is 5.98. The van der Waals surface area contributed by atoms with Gasteiger partial charge in [0.15, 0.2) is 22.7 Å². The molecule has 2 aromatic carbocycles. The average Bonchev–Trinajstić information content (AvgIpc) is 2.82. The number of benzene rings is 2. The van der Waals surface area contributed by atoms with Crippen LogP contribution in [0.4, 0.5) is 0 Å². The number of aromatic hydroxyl groups is 1. The number of hydrogen-bond donors (Lipinski definition) is 4. The number of ether oxygens (including phenoxy) is 4. The molecule has 5 rings (SSSR count). The average molecular weight is 476 g/mol. The molecule has 4 N–H and O–H groups in total. The molecule has 0 radical (unpaired) electrons. The molecular formula is C22H20O12. The molecule has 1 aliphatic rings. The molecule has 1 fully saturated rings. The maximum absolute atomic E-state index is 12.9. The Morgan fingerprint density at radius 1 is 0.824 bits per heavy atom. The van der Waals surface area contributed by atoms with E-state index >= 15 is 0 Å². The van der Waals surface area contributed by atoms with Gasteiger partial charge in [0.25, 0.3) is 0 Å². The quantitative estimate of drug-likeness (QED) is 0.236. The topological polar surface area (TPSA) is 178 Å². The normalized spacial score (nSPS) is 25.3. The van der Waals surface area contributed by atoms with Gasteiger partial charge in [-0.15, -0.1) is 0 Å². The van der Waals surface area contributed by atoms with E-state index < -0.39 is 47.7 Å². The van der Waals surface area contributed by atoms with E-state index in [2.05, 4.69) is 0 Å². The highest BCUT2D eigenvalue weighted by Gasteiger charge is 2.44. The highest BCUT2D eigenvalue weighted by molar-refractivity contribution is 6.22. The zero-order valence-electron chi connectivity index (χ0n) is 18.1. The molecule has 180 valence electrons. The van der Waals surface area contributed by atoms with Crippen molar-refractivity contribution in [3.8, 4) is 23.0 Å². The minimum Gasteiger partial charge on any atom is -0.502 e. The van der Waals surface area contributed by atoms with Crippen LogP contribution in [-0.2, 0) is 4.74 Å². The fourth-order valence-corrected chi connectivity index (χ4v) is 4.20. The van der Waals surface area contributed by atoms with Gasteiger partial charge in [-0.05, 0) is 19.1 Å². The van der Waals surface area contributed by atoms with Crippen LogP contribution in [0.1, 0.15) is 6.92 Å². The zero-order chi connectivity index (χ0) is 24.5. The van der Waals surface area contributed by atoms with Crippen molar-refractivity contribution in [2.24, 2.45) is 0 Å². The van der Waals surface area contributed by atoms with E-state index in [0.717, 1.165) is 0 Å². The lowest BCUT2D eigenvalue weighted by Crippen LogP contribution is -2.58. The standard InChI is InChI=1S/C22H20O12/c1-6-13(23)15(25)16(26)22(31-6)34-17-10(30-3)5-8-12-11-7(21(28)33-19(12)17)4-9(29-2)14(24)18(11)32-20(8)27/h4-6,13,15-16,22-26H,1-3H3/t6-,13-,15+,16-,22+/m0/s1. The summed E-state index contributed by atoms with van der Waals surface area (Å²) < 4.78 is 32.4. The van der Waals surface area contributed by atoms with E-state index in [9.17, 15) is 30.0 Å². The van der Waals surface area contributed by atoms with Gasteiger partial charge in [0.1, 0.15) is 18.3 Å². The second kappa shape index (κ2) is 7.74. The van der Waals surface area contributed by atoms with Crippen LogP contribution in [0.5, 0.6) is 23.0 Å². The Morgan fingerprint density at radius 2 is 1.38 bits per heavy atom. The van der Waals surface area contributed by atoms with Gasteiger partial charge in [-0.2, -0.15) is 0 Å². The number of phenolic OH excluding ortho intramolecular Hbond substituents is 1. The summed E-state index contributed by atoms with van der Waals surface area (Å²) >= 11 is 0. The van der Waals surface area contributed by atoms with Crippen LogP contribution >= 0.6 is 0 Å². The Bertz CT molecular complexity index is 1520. The van der Waals surface area contributed by atoms with Crippen molar-refractivity contribution in [2.75, 3.05) is 14.2 Å². The molecule has 34 heavy (non-hydrogen) atoms. The lowest BCUT2D eigenvalue weighted by Gasteiger charge is -2.39. The van der Waals surface area contributed by atoms with Gasteiger partial charge in [-0.1, -0.05) is 0 Å². The fraction of sp³-hybridized carbons (Fsp3) is 0.364. The minimum absolute atomic E-state index is 0.0249. The monoisotopic (exact) mass is 476 g/mol. The molecule has 1 saturated heterocycles. The minimum atomic E-state index is -1.67. The number of aliphatic hydroxyl groups is 3. The lowest BCUT2D eigenvalue weighted by molar-refractivity contribution is -0.268. The maximum atomic E-state index is 12.9. The second-order valence-electron chi connectivity index (χ2n) is 7.92. The molecule has 12 nitrogen and oxygen atoms in total. The second-order valence-corrected chi connectivity index (χ2v) is 7.92. The van der Waals surface area contributed by atoms with E-state index in [0.29, 0.717) is 0 Å². The summed E-state index contributed by atoms with van der Waals surface area (Å²) in [6.07, 6.45) is -7.00. The molecule has 4 aromatic rings. The van der Waals surface area contributed by atoms with Crippen LogP contribution in [-0.4, -0.2) is 65.4 Å². The van der Waals surface area contributed by atoms with Crippen molar-refractivity contribution in [1.29, 1.82) is 0 Å². The number of hydrogen-bond acceptors (Lipinski definition) is 12. The zero-order valence-corrected chi connectivity index (χ0v) is 18.1. The highest BCUT2D eigenvalue weighted by Crippen LogP contribution is 2.46. The fourth-order valence-electron chi connectivity index (χ4n) is 4.20. The van der Waals surface area contributed by atoms with E-state index in [1.165, 1.54) is 33.3 Å².